The van der Waals surface area contributed by atoms with Crippen LogP contribution in [0.3, 0.4) is 0 Å². The Morgan fingerprint density at radius 2 is 1.89 bits per heavy atom. The predicted molar refractivity (Wildman–Crippen MR) is 130 cm³/mol. The van der Waals surface area contributed by atoms with Crippen molar-refractivity contribution in [3.63, 3.8) is 0 Å². The summed E-state index contributed by atoms with van der Waals surface area (Å²) in [6, 6.07) is 7.53. The van der Waals surface area contributed by atoms with Crippen molar-refractivity contribution in [2.45, 2.75) is 37.5 Å². The molecule has 0 spiro atoms. The molecule has 0 saturated carbocycles. The van der Waals surface area contributed by atoms with Crippen LogP contribution < -0.4 is 10.6 Å². The van der Waals surface area contributed by atoms with Crippen molar-refractivity contribution in [3.8, 4) is 0 Å². The summed E-state index contributed by atoms with van der Waals surface area (Å²) in [6.07, 6.45) is 6.22. The van der Waals surface area contributed by atoms with Gasteiger partial charge in [-0.2, -0.15) is 13.2 Å². The third-order valence-corrected chi connectivity index (χ3v) is 6.62. The van der Waals surface area contributed by atoms with Gasteiger partial charge in [0.1, 0.15) is 5.54 Å². The van der Waals surface area contributed by atoms with E-state index in [1.165, 1.54) is 6.07 Å². The lowest BCUT2D eigenvalue weighted by Gasteiger charge is -2.31. The maximum Gasteiger partial charge on any atom is 0.416 e. The minimum absolute atomic E-state index is 0.140. The van der Waals surface area contributed by atoms with Crippen molar-refractivity contribution in [1.82, 2.24) is 15.2 Å². The molecule has 1 atom stereocenters. The van der Waals surface area contributed by atoms with E-state index in [1.807, 2.05) is 12.1 Å². The number of nitrogens with zero attached hydrogens (tertiary/aromatic N) is 3. The minimum atomic E-state index is -4.51. The number of aliphatic imine (C=N–C) groups is 1. The molecule has 186 valence electrons. The number of piperidine rings is 1. The van der Waals surface area contributed by atoms with Gasteiger partial charge in [0.25, 0.3) is 5.91 Å². The Kier molecular flexibility index (Phi) is 7.66. The molecule has 0 aliphatic carbocycles. The Bertz CT molecular complexity index is 1080. The van der Waals surface area contributed by atoms with Crippen molar-refractivity contribution >= 4 is 17.8 Å². The number of hydrogen-bond acceptors (Lipinski definition) is 5. The van der Waals surface area contributed by atoms with Crippen LogP contribution in [0, 0.1) is 5.92 Å². The van der Waals surface area contributed by atoms with E-state index in [9.17, 15) is 18.0 Å². The zero-order chi connectivity index (χ0) is 24.9. The van der Waals surface area contributed by atoms with E-state index in [-0.39, 0.29) is 12.2 Å². The molecule has 1 saturated heterocycles. The number of alkyl halides is 3. The Balaban J connectivity index is 1.54. The van der Waals surface area contributed by atoms with E-state index in [4.69, 9.17) is 0 Å². The van der Waals surface area contributed by atoms with Gasteiger partial charge in [0.15, 0.2) is 0 Å². The van der Waals surface area contributed by atoms with Crippen LogP contribution in [-0.4, -0.2) is 54.2 Å². The van der Waals surface area contributed by atoms with E-state index in [1.54, 1.807) is 36.8 Å². The van der Waals surface area contributed by atoms with Crippen LogP contribution in [0.5, 0.6) is 0 Å². The van der Waals surface area contributed by atoms with E-state index in [2.05, 4.69) is 32.6 Å². The van der Waals surface area contributed by atoms with Crippen LogP contribution in [0.15, 0.2) is 59.9 Å². The lowest BCUT2D eigenvalue weighted by Crippen LogP contribution is -2.56. The average molecular weight is 486 g/mol. The van der Waals surface area contributed by atoms with E-state index in [0.29, 0.717) is 24.4 Å². The minimum Gasteiger partial charge on any atom is -0.324 e. The van der Waals surface area contributed by atoms with Gasteiger partial charge < -0.3 is 10.2 Å². The third kappa shape index (κ3) is 6.55. The zero-order valence-electron chi connectivity index (χ0n) is 19.7. The lowest BCUT2D eigenvalue weighted by molar-refractivity contribution is -0.137. The van der Waals surface area contributed by atoms with E-state index >= 15 is 0 Å². The molecule has 0 bridgehead atoms. The number of carbonyl (C=O) groups excluding carboxylic acids is 1. The Hall–Kier alpha value is -3.04. The van der Waals surface area contributed by atoms with Crippen molar-refractivity contribution < 1.29 is 18.0 Å². The highest BCUT2D eigenvalue weighted by molar-refractivity contribution is 6.01. The number of pyridine rings is 1. The monoisotopic (exact) mass is 485 g/mol. The second-order valence-electron chi connectivity index (χ2n) is 9.35. The van der Waals surface area contributed by atoms with Gasteiger partial charge in [-0.05, 0) is 92.9 Å². The molecule has 3 heterocycles. The topological polar surface area (TPSA) is 69.6 Å². The van der Waals surface area contributed by atoms with Gasteiger partial charge in [-0.1, -0.05) is 6.08 Å². The molecule has 0 radical (unpaired) electrons. The first-order valence-corrected chi connectivity index (χ1v) is 11.8. The third-order valence-electron chi connectivity index (χ3n) is 6.62. The molecule has 4 rings (SSSR count). The maximum absolute atomic E-state index is 13.7. The first-order valence-electron chi connectivity index (χ1n) is 11.8. The second kappa shape index (κ2) is 10.7. The molecule has 35 heavy (non-hydrogen) atoms. The van der Waals surface area contributed by atoms with Crippen LogP contribution in [0.2, 0.25) is 0 Å². The fourth-order valence-corrected chi connectivity index (χ4v) is 4.51. The van der Waals surface area contributed by atoms with E-state index < -0.39 is 23.2 Å². The fourth-order valence-electron chi connectivity index (χ4n) is 4.51. The molecular formula is C26H30F3N5O. The molecule has 1 unspecified atom stereocenters. The van der Waals surface area contributed by atoms with Crippen LogP contribution in [0.4, 0.5) is 18.9 Å². The number of amides is 1. The van der Waals surface area contributed by atoms with Crippen LogP contribution in [0.25, 0.3) is 0 Å². The quantitative estimate of drug-likeness (QED) is 0.620. The van der Waals surface area contributed by atoms with Crippen LogP contribution in [-0.2, 0) is 23.9 Å². The van der Waals surface area contributed by atoms with Gasteiger partial charge in [-0.25, -0.2) is 0 Å². The summed E-state index contributed by atoms with van der Waals surface area (Å²) in [5, 5.41) is 5.97. The molecule has 2 aromatic rings. The SMILES string of the molecule is CN1CCC(Cc2cc(NC(=O)C3(NCc4ccncc4)C=CC=NC3)cc(C(F)(F)F)c2)CC1. The van der Waals surface area contributed by atoms with Crippen molar-refractivity contribution in [1.29, 1.82) is 0 Å². The first-order chi connectivity index (χ1) is 16.7. The van der Waals surface area contributed by atoms with Gasteiger partial charge in [0.05, 0.1) is 12.1 Å². The van der Waals surface area contributed by atoms with Gasteiger partial charge in [-0.15, -0.1) is 0 Å². The number of aromatic nitrogens is 1. The summed E-state index contributed by atoms with van der Waals surface area (Å²) in [5.74, 6) is -0.133. The number of likely N-dealkylation sites (tertiary alicyclic amines) is 1. The molecule has 2 aliphatic heterocycles. The predicted octanol–water partition coefficient (Wildman–Crippen LogP) is 4.09. The number of anilines is 1. The summed E-state index contributed by atoms with van der Waals surface area (Å²) in [7, 11) is 2.05. The van der Waals surface area contributed by atoms with Crippen LogP contribution in [0.1, 0.15) is 29.5 Å². The fraction of sp³-hybridized carbons (Fsp3) is 0.423. The first kappa shape index (κ1) is 25.1. The van der Waals surface area contributed by atoms with Gasteiger partial charge in [0, 0.05) is 30.8 Å². The average Bonchev–Trinajstić information content (AvgIpc) is 2.85. The zero-order valence-corrected chi connectivity index (χ0v) is 19.7. The highest BCUT2D eigenvalue weighted by atomic mass is 19.4. The van der Waals surface area contributed by atoms with Crippen LogP contribution >= 0.6 is 0 Å². The number of hydrogen-bond donors (Lipinski definition) is 2. The summed E-state index contributed by atoms with van der Waals surface area (Å²) in [4.78, 5) is 23.9. The molecule has 1 fully saturated rings. The highest BCUT2D eigenvalue weighted by Gasteiger charge is 2.37. The van der Waals surface area contributed by atoms with Gasteiger partial charge in [-0.3, -0.25) is 20.1 Å². The Labute approximate surface area is 203 Å². The molecular weight excluding hydrogens is 455 g/mol. The number of rotatable bonds is 7. The van der Waals surface area contributed by atoms with Crippen molar-refractivity contribution in [2.75, 3.05) is 32.0 Å². The largest absolute Gasteiger partial charge is 0.416 e. The molecule has 2 aliphatic rings. The number of dihydropyridines is 1. The standard InChI is InChI=1S/C26H30F3N5O/c1-34-11-5-19(6-12-34)13-21-14-22(26(27,28)29)16-23(15-21)33-24(35)25(7-2-8-31-18-25)32-17-20-3-9-30-10-4-20/h2-4,7-10,14-16,19,32H,5-6,11-13,17-18H2,1H3,(H,33,35). The van der Waals surface area contributed by atoms with Crippen molar-refractivity contribution in [2.24, 2.45) is 10.9 Å². The number of carbonyl (C=O) groups is 1. The molecule has 2 N–H and O–H groups in total. The smallest absolute Gasteiger partial charge is 0.324 e. The normalized spacial score (nSPS) is 21.3. The summed E-state index contributed by atoms with van der Waals surface area (Å²) in [5.41, 5.74) is -0.286. The highest BCUT2D eigenvalue weighted by Crippen LogP contribution is 2.34. The number of allylic oxidation sites excluding steroid dienone is 1. The molecule has 9 heteroatoms. The summed E-state index contributed by atoms with van der Waals surface area (Å²) in [6.45, 7) is 2.39. The number of benzene rings is 1. The van der Waals surface area contributed by atoms with E-state index in [0.717, 1.165) is 37.6 Å². The Morgan fingerprint density at radius 3 is 2.54 bits per heavy atom. The molecule has 1 amide bonds. The Morgan fingerprint density at radius 1 is 1.14 bits per heavy atom. The summed E-state index contributed by atoms with van der Waals surface area (Å²) < 4.78 is 41.1. The number of nitrogens with one attached hydrogen (secondary N) is 2. The molecule has 6 nitrogen and oxygen atoms in total. The lowest BCUT2D eigenvalue weighted by atomic mass is 9.89. The van der Waals surface area contributed by atoms with Gasteiger partial charge >= 0.3 is 6.18 Å². The van der Waals surface area contributed by atoms with Crippen molar-refractivity contribution in [3.05, 3.63) is 71.6 Å². The van der Waals surface area contributed by atoms with Gasteiger partial charge in [0.2, 0.25) is 0 Å². The maximum atomic E-state index is 13.7. The molecule has 1 aromatic heterocycles. The number of halogens is 3. The summed E-state index contributed by atoms with van der Waals surface area (Å²) >= 11 is 0. The molecule has 1 aromatic carbocycles. The second-order valence-corrected chi connectivity index (χ2v) is 9.35.